The lowest BCUT2D eigenvalue weighted by molar-refractivity contribution is 0.589. The van der Waals surface area contributed by atoms with Gasteiger partial charge in [-0.25, -0.2) is 0 Å². The molecular weight excluding hydrogens is 299 g/mol. The zero-order valence-corrected chi connectivity index (χ0v) is 13.5. The lowest BCUT2D eigenvalue weighted by Crippen LogP contribution is -2.21. The zero-order chi connectivity index (χ0) is 15.7. The summed E-state index contributed by atoms with van der Waals surface area (Å²) in [7, 11) is -2.87. The van der Waals surface area contributed by atoms with Crippen LogP contribution in [0.2, 0.25) is 0 Å². The summed E-state index contributed by atoms with van der Waals surface area (Å²) in [5, 5.41) is 3.96. The van der Waals surface area contributed by atoms with Gasteiger partial charge in [-0.15, -0.1) is 0 Å². The van der Waals surface area contributed by atoms with Crippen LogP contribution in [-0.2, 0) is 4.57 Å². The quantitative estimate of drug-likeness (QED) is 0.650. The molecule has 4 rings (SSSR count). The van der Waals surface area contributed by atoms with E-state index in [1.54, 1.807) is 0 Å². The number of hydrogen-bond donors (Lipinski definition) is 0. The molecule has 0 N–H and O–H groups in total. The fourth-order valence-corrected chi connectivity index (χ4v) is 6.00. The van der Waals surface area contributed by atoms with E-state index in [-0.39, 0.29) is 0 Å². The van der Waals surface area contributed by atoms with Crippen molar-refractivity contribution in [2.45, 2.75) is 0 Å². The second kappa shape index (κ2) is 5.98. The van der Waals surface area contributed by atoms with Crippen molar-refractivity contribution in [1.29, 1.82) is 0 Å². The standard InChI is InChI=1S/C21H16OP/c22-23(19-13-5-6-14-19,18-11-2-1-3-12-18)21-16-8-10-17-9-4-7-15-20(17)21/h1-16H/t23-/m1/s1. The summed E-state index contributed by atoms with van der Waals surface area (Å²) in [6, 6.07) is 24.0. The van der Waals surface area contributed by atoms with E-state index in [0.29, 0.717) is 0 Å². The van der Waals surface area contributed by atoms with E-state index >= 15 is 0 Å². The van der Waals surface area contributed by atoms with Crippen molar-refractivity contribution in [2.24, 2.45) is 0 Å². The smallest absolute Gasteiger partial charge is 0.151 e. The molecule has 1 fully saturated rings. The van der Waals surface area contributed by atoms with Gasteiger partial charge in [0.2, 0.25) is 0 Å². The minimum Gasteiger partial charge on any atom is -0.313 e. The molecule has 1 nitrogen and oxygen atoms in total. The van der Waals surface area contributed by atoms with E-state index in [9.17, 15) is 4.57 Å². The molecule has 23 heavy (non-hydrogen) atoms. The first-order valence-corrected chi connectivity index (χ1v) is 9.37. The SMILES string of the molecule is O=[P@@]([C]1[CH][CH][CH][CH]1)(c1ccccc1)c1cccc2ccccc12. The molecule has 0 spiro atoms. The van der Waals surface area contributed by atoms with Crippen LogP contribution in [0.15, 0.2) is 72.8 Å². The van der Waals surface area contributed by atoms with Crippen LogP contribution in [0.1, 0.15) is 0 Å². The van der Waals surface area contributed by atoms with Crippen molar-refractivity contribution < 1.29 is 4.57 Å². The van der Waals surface area contributed by atoms with Crippen molar-refractivity contribution in [1.82, 2.24) is 0 Å². The molecule has 0 bridgehead atoms. The van der Waals surface area contributed by atoms with E-state index in [1.165, 1.54) is 0 Å². The molecule has 0 heterocycles. The van der Waals surface area contributed by atoms with Gasteiger partial charge in [-0.3, -0.25) is 0 Å². The third kappa shape index (κ3) is 2.44. The lowest BCUT2D eigenvalue weighted by Gasteiger charge is -2.26. The number of benzene rings is 3. The molecular formula is C21H16OP. The highest BCUT2D eigenvalue weighted by Gasteiger charge is 2.40. The molecule has 111 valence electrons. The maximum Gasteiger partial charge on any atom is 0.151 e. The molecule has 3 aromatic rings. The Balaban J connectivity index is 2.00. The van der Waals surface area contributed by atoms with Crippen molar-refractivity contribution in [3.8, 4) is 0 Å². The zero-order valence-electron chi connectivity index (χ0n) is 12.6. The predicted molar refractivity (Wildman–Crippen MR) is 97.7 cm³/mol. The third-order valence-corrected chi connectivity index (χ3v) is 7.35. The van der Waals surface area contributed by atoms with Gasteiger partial charge in [0.05, 0.1) is 5.66 Å². The molecule has 1 aliphatic carbocycles. The Morgan fingerprint density at radius 2 is 1.30 bits per heavy atom. The van der Waals surface area contributed by atoms with Crippen molar-refractivity contribution in [3.05, 3.63) is 104 Å². The first-order chi connectivity index (χ1) is 11.3. The summed E-state index contributed by atoms with van der Waals surface area (Å²) in [5.41, 5.74) is 0.889. The molecule has 5 radical (unpaired) electrons. The van der Waals surface area contributed by atoms with Gasteiger partial charge in [0.15, 0.2) is 7.14 Å². The number of hydrogen-bond acceptors (Lipinski definition) is 1. The van der Waals surface area contributed by atoms with Gasteiger partial charge in [-0.05, 0) is 36.5 Å². The molecule has 1 saturated carbocycles. The monoisotopic (exact) mass is 315 g/mol. The van der Waals surface area contributed by atoms with Crippen LogP contribution in [-0.4, -0.2) is 0 Å². The van der Waals surface area contributed by atoms with E-state index in [2.05, 4.69) is 18.2 Å². The maximum atomic E-state index is 14.3. The number of fused-ring (bicyclic) bond motifs is 1. The highest BCUT2D eigenvalue weighted by Crippen LogP contribution is 2.59. The first kappa shape index (κ1) is 14.7. The Morgan fingerprint density at radius 1 is 0.652 bits per heavy atom. The highest BCUT2D eigenvalue weighted by atomic mass is 31.2. The van der Waals surface area contributed by atoms with Gasteiger partial charge >= 0.3 is 0 Å². The first-order valence-electron chi connectivity index (χ1n) is 7.66. The van der Waals surface area contributed by atoms with Crippen LogP contribution >= 0.6 is 7.14 Å². The topological polar surface area (TPSA) is 17.1 Å². The Bertz CT molecular complexity index is 858. The molecule has 0 unspecified atom stereocenters. The van der Waals surface area contributed by atoms with Gasteiger partial charge < -0.3 is 4.57 Å². The number of rotatable bonds is 3. The molecule has 1 atom stereocenters. The molecule has 0 amide bonds. The molecule has 1 aliphatic rings. The van der Waals surface area contributed by atoms with Crippen LogP contribution < -0.4 is 10.6 Å². The van der Waals surface area contributed by atoms with Crippen molar-refractivity contribution in [2.75, 3.05) is 0 Å². The minimum atomic E-state index is -2.87. The second-order valence-corrected chi connectivity index (χ2v) is 8.32. The Kier molecular flexibility index (Phi) is 3.83. The van der Waals surface area contributed by atoms with Gasteiger partial charge in [-0.2, -0.15) is 0 Å². The molecule has 3 aromatic carbocycles. The van der Waals surface area contributed by atoms with Crippen LogP contribution in [0, 0.1) is 31.3 Å². The Morgan fingerprint density at radius 3 is 2.09 bits per heavy atom. The van der Waals surface area contributed by atoms with Gasteiger partial charge in [-0.1, -0.05) is 72.8 Å². The maximum absolute atomic E-state index is 14.3. The largest absolute Gasteiger partial charge is 0.313 e. The van der Waals surface area contributed by atoms with E-state index in [4.69, 9.17) is 0 Å². The van der Waals surface area contributed by atoms with Crippen LogP contribution in [0.4, 0.5) is 0 Å². The summed E-state index contributed by atoms with van der Waals surface area (Å²) in [6.07, 6.45) is 7.84. The Hall–Kier alpha value is -1.85. The molecule has 0 saturated heterocycles. The van der Waals surface area contributed by atoms with Gasteiger partial charge in [0.1, 0.15) is 0 Å². The average molecular weight is 315 g/mol. The molecule has 0 aliphatic heterocycles. The van der Waals surface area contributed by atoms with Crippen molar-refractivity contribution >= 4 is 28.5 Å². The lowest BCUT2D eigenvalue weighted by atomic mass is 10.1. The van der Waals surface area contributed by atoms with Gasteiger partial charge in [0, 0.05) is 10.6 Å². The predicted octanol–water partition coefficient (Wildman–Crippen LogP) is 4.52. The summed E-state index contributed by atoms with van der Waals surface area (Å²) in [6.45, 7) is 0. The van der Waals surface area contributed by atoms with E-state index in [1.807, 2.05) is 80.3 Å². The Labute approximate surface area is 137 Å². The second-order valence-electron chi connectivity index (χ2n) is 5.59. The van der Waals surface area contributed by atoms with E-state index < -0.39 is 7.14 Å². The fourth-order valence-electron chi connectivity index (χ4n) is 3.12. The summed E-state index contributed by atoms with van der Waals surface area (Å²) < 4.78 is 14.3. The van der Waals surface area contributed by atoms with Gasteiger partial charge in [0.25, 0.3) is 0 Å². The summed E-state index contributed by atoms with van der Waals surface area (Å²) in [5.74, 6) is 0. The van der Waals surface area contributed by atoms with Crippen molar-refractivity contribution in [3.63, 3.8) is 0 Å². The summed E-state index contributed by atoms with van der Waals surface area (Å²) >= 11 is 0. The fraction of sp³-hybridized carbons (Fsp3) is 0. The molecule has 2 heteroatoms. The average Bonchev–Trinajstić information content (AvgIpc) is 3.16. The summed E-state index contributed by atoms with van der Waals surface area (Å²) in [4.78, 5) is 0. The van der Waals surface area contributed by atoms with Crippen LogP contribution in [0.3, 0.4) is 0 Å². The molecule has 0 aromatic heterocycles. The minimum absolute atomic E-state index is 0.877. The van der Waals surface area contributed by atoms with E-state index in [0.717, 1.165) is 27.0 Å². The normalized spacial score (nSPS) is 18.1. The van der Waals surface area contributed by atoms with Crippen LogP contribution in [0.25, 0.3) is 10.8 Å². The third-order valence-electron chi connectivity index (χ3n) is 4.23. The highest BCUT2D eigenvalue weighted by molar-refractivity contribution is 7.82. The van der Waals surface area contributed by atoms with Crippen LogP contribution in [0.5, 0.6) is 0 Å².